The van der Waals surface area contributed by atoms with E-state index in [0.29, 0.717) is 0 Å². The van der Waals surface area contributed by atoms with Gasteiger partial charge in [0.25, 0.3) is 0 Å². The van der Waals surface area contributed by atoms with E-state index in [9.17, 15) is 0 Å². The largest absolute Gasteiger partial charge is 0.364 e. The lowest BCUT2D eigenvalue weighted by Gasteiger charge is -2.23. The Kier molecular flexibility index (Phi) is 4.44. The summed E-state index contributed by atoms with van der Waals surface area (Å²) in [5.41, 5.74) is 2.32. The van der Waals surface area contributed by atoms with Crippen LogP contribution in [-0.2, 0) is 6.54 Å². The van der Waals surface area contributed by atoms with Crippen LogP contribution in [0.25, 0.3) is 0 Å². The topological polar surface area (TPSA) is 29.3 Å². The predicted molar refractivity (Wildman–Crippen MR) is 74.6 cm³/mol. The third kappa shape index (κ3) is 2.94. The van der Waals surface area contributed by atoms with Gasteiger partial charge in [-0.1, -0.05) is 23.4 Å². The third-order valence-electron chi connectivity index (χ3n) is 3.16. The van der Waals surface area contributed by atoms with Crippen LogP contribution in [-0.4, -0.2) is 23.4 Å². The van der Waals surface area contributed by atoms with Gasteiger partial charge in [-0.05, 0) is 31.9 Å². The lowest BCUT2D eigenvalue weighted by atomic mass is 10.1. The molecule has 0 aliphatic rings. The van der Waals surface area contributed by atoms with Crippen LogP contribution in [0.2, 0.25) is 0 Å². The summed E-state index contributed by atoms with van der Waals surface area (Å²) in [6, 6.07) is 10.7. The molecule has 1 heterocycles. The molecule has 0 N–H and O–H groups in total. The molecule has 0 saturated heterocycles. The molecule has 0 fully saturated rings. The Morgan fingerprint density at radius 3 is 2.78 bits per heavy atom. The van der Waals surface area contributed by atoms with Crippen molar-refractivity contribution in [3.05, 3.63) is 47.9 Å². The van der Waals surface area contributed by atoms with Crippen molar-refractivity contribution in [2.24, 2.45) is 0 Å². The van der Waals surface area contributed by atoms with Crippen LogP contribution < -0.4 is 0 Å². The molecule has 0 amide bonds. The first-order valence-electron chi connectivity index (χ1n) is 5.94. The Bertz CT molecular complexity index is 484. The van der Waals surface area contributed by atoms with E-state index >= 15 is 0 Å². The molecule has 3 nitrogen and oxygen atoms in total. The first-order chi connectivity index (χ1) is 8.72. The van der Waals surface area contributed by atoms with Gasteiger partial charge in [0.1, 0.15) is 12.0 Å². The summed E-state index contributed by atoms with van der Waals surface area (Å²) in [5, 5.41) is 4.00. The Morgan fingerprint density at radius 1 is 1.33 bits per heavy atom. The second kappa shape index (κ2) is 6.07. The van der Waals surface area contributed by atoms with Gasteiger partial charge in [0, 0.05) is 17.5 Å². The number of aromatic nitrogens is 1. The molecule has 1 aromatic carbocycles. The first kappa shape index (κ1) is 13.2. The molecule has 2 rings (SSSR count). The molecular weight excluding hydrogens is 244 g/mol. The van der Waals surface area contributed by atoms with Crippen LogP contribution in [0.1, 0.15) is 24.2 Å². The predicted octanol–water partition coefficient (Wildman–Crippen LogP) is 3.59. The zero-order chi connectivity index (χ0) is 13.0. The molecule has 0 unspecified atom stereocenters. The summed E-state index contributed by atoms with van der Waals surface area (Å²) >= 11 is 1.79. The van der Waals surface area contributed by atoms with E-state index in [0.717, 1.165) is 12.2 Å². The van der Waals surface area contributed by atoms with Crippen LogP contribution in [0.4, 0.5) is 0 Å². The molecule has 0 radical (unpaired) electrons. The van der Waals surface area contributed by atoms with Crippen LogP contribution in [0.5, 0.6) is 0 Å². The molecule has 4 heteroatoms. The molecule has 0 aliphatic carbocycles. The number of nitrogens with zero attached hydrogens (tertiary/aromatic N) is 2. The van der Waals surface area contributed by atoms with E-state index in [1.807, 2.05) is 6.07 Å². The fourth-order valence-corrected chi connectivity index (χ4v) is 2.51. The van der Waals surface area contributed by atoms with Gasteiger partial charge in [0.15, 0.2) is 0 Å². The quantitative estimate of drug-likeness (QED) is 0.770. The van der Waals surface area contributed by atoms with Crippen LogP contribution in [0.15, 0.2) is 46.0 Å². The lowest BCUT2D eigenvalue weighted by Crippen LogP contribution is -2.22. The minimum atomic E-state index is 0.249. The fraction of sp³-hybridized carbons (Fsp3) is 0.357. The first-order valence-corrected chi connectivity index (χ1v) is 7.17. The Morgan fingerprint density at radius 2 is 2.11 bits per heavy atom. The van der Waals surface area contributed by atoms with Crippen LogP contribution in [0, 0.1) is 0 Å². The van der Waals surface area contributed by atoms with Gasteiger partial charge in [-0.3, -0.25) is 4.90 Å². The molecule has 0 aliphatic heterocycles. The molecule has 2 aromatic rings. The Labute approximate surface area is 112 Å². The van der Waals surface area contributed by atoms with Gasteiger partial charge in [-0.25, -0.2) is 0 Å². The average Bonchev–Trinajstić information content (AvgIpc) is 2.92. The summed E-state index contributed by atoms with van der Waals surface area (Å²) in [4.78, 5) is 3.60. The maximum atomic E-state index is 4.90. The summed E-state index contributed by atoms with van der Waals surface area (Å²) in [5.74, 6) is 0. The zero-order valence-corrected chi connectivity index (χ0v) is 11.8. The van der Waals surface area contributed by atoms with Crippen molar-refractivity contribution < 1.29 is 4.52 Å². The van der Waals surface area contributed by atoms with E-state index in [4.69, 9.17) is 4.52 Å². The van der Waals surface area contributed by atoms with E-state index in [1.54, 1.807) is 18.0 Å². The smallest absolute Gasteiger partial charge is 0.124 e. The van der Waals surface area contributed by atoms with Crippen LogP contribution >= 0.6 is 11.8 Å². The molecule has 1 aromatic heterocycles. The molecule has 18 heavy (non-hydrogen) atoms. The van der Waals surface area contributed by atoms with Crippen molar-refractivity contribution >= 4 is 11.8 Å². The fourth-order valence-electron chi connectivity index (χ4n) is 1.90. The monoisotopic (exact) mass is 262 g/mol. The van der Waals surface area contributed by atoms with Crippen LogP contribution in [0.3, 0.4) is 0 Å². The van der Waals surface area contributed by atoms with Gasteiger partial charge < -0.3 is 4.52 Å². The highest BCUT2D eigenvalue weighted by Gasteiger charge is 2.15. The van der Waals surface area contributed by atoms with E-state index in [-0.39, 0.29) is 6.04 Å². The average molecular weight is 262 g/mol. The van der Waals surface area contributed by atoms with Crippen molar-refractivity contribution in [1.82, 2.24) is 10.1 Å². The van der Waals surface area contributed by atoms with Gasteiger partial charge in [0.2, 0.25) is 0 Å². The highest BCUT2D eigenvalue weighted by atomic mass is 32.2. The third-order valence-corrected chi connectivity index (χ3v) is 4.00. The number of hydrogen-bond donors (Lipinski definition) is 0. The van der Waals surface area contributed by atoms with Crippen molar-refractivity contribution in [3.63, 3.8) is 0 Å². The second-order valence-electron chi connectivity index (χ2n) is 4.33. The molecular formula is C14H18N2OS. The minimum Gasteiger partial charge on any atom is -0.364 e. The van der Waals surface area contributed by atoms with Crippen molar-refractivity contribution in [3.8, 4) is 0 Å². The number of hydrogen-bond acceptors (Lipinski definition) is 4. The summed E-state index contributed by atoms with van der Waals surface area (Å²) < 4.78 is 4.90. The highest BCUT2D eigenvalue weighted by Crippen LogP contribution is 2.24. The normalized spacial score (nSPS) is 12.9. The number of thioether (sulfide) groups is 1. The van der Waals surface area contributed by atoms with E-state index in [2.05, 4.69) is 54.5 Å². The van der Waals surface area contributed by atoms with E-state index in [1.165, 1.54) is 10.5 Å². The maximum Gasteiger partial charge on any atom is 0.124 e. The summed E-state index contributed by atoms with van der Waals surface area (Å²) in [6.45, 7) is 3.05. The molecule has 0 saturated carbocycles. The zero-order valence-electron chi connectivity index (χ0n) is 11.0. The van der Waals surface area contributed by atoms with Gasteiger partial charge in [-0.2, -0.15) is 0 Å². The minimum absolute atomic E-state index is 0.249. The van der Waals surface area contributed by atoms with Crippen molar-refractivity contribution in [1.29, 1.82) is 0 Å². The SMILES string of the molecule is CSc1ccccc1CN(C)[C@@H](C)c1ccon1. The second-order valence-corrected chi connectivity index (χ2v) is 5.18. The molecule has 0 spiro atoms. The van der Waals surface area contributed by atoms with Gasteiger partial charge in [0.05, 0.1) is 6.04 Å². The molecule has 0 bridgehead atoms. The van der Waals surface area contributed by atoms with Crippen molar-refractivity contribution in [2.75, 3.05) is 13.3 Å². The Balaban J connectivity index is 2.09. The van der Waals surface area contributed by atoms with Crippen molar-refractivity contribution in [2.45, 2.75) is 24.4 Å². The number of rotatable bonds is 5. The van der Waals surface area contributed by atoms with Gasteiger partial charge >= 0.3 is 0 Å². The van der Waals surface area contributed by atoms with Gasteiger partial charge in [-0.15, -0.1) is 11.8 Å². The van der Waals surface area contributed by atoms with E-state index < -0.39 is 0 Å². The number of benzene rings is 1. The highest BCUT2D eigenvalue weighted by molar-refractivity contribution is 7.98. The molecule has 96 valence electrons. The maximum absolute atomic E-state index is 4.90. The summed E-state index contributed by atoms with van der Waals surface area (Å²) in [6.07, 6.45) is 3.73. The summed E-state index contributed by atoms with van der Waals surface area (Å²) in [7, 11) is 2.11. The standard InChI is InChI=1S/C14H18N2OS/c1-11(13-8-9-17-15-13)16(2)10-12-6-4-5-7-14(12)18-3/h4-9,11H,10H2,1-3H3/t11-/m0/s1. The lowest BCUT2D eigenvalue weighted by molar-refractivity contribution is 0.239. The molecule has 1 atom stereocenters. The Hall–Kier alpha value is -1.26.